The predicted octanol–water partition coefficient (Wildman–Crippen LogP) is 2.77. The van der Waals surface area contributed by atoms with Gasteiger partial charge in [0.25, 0.3) is 0 Å². The average molecular weight is 144 g/mol. The largest absolute Gasteiger partial charge is 0.396 e. The van der Waals surface area contributed by atoms with E-state index in [1.165, 1.54) is 0 Å². The number of hydrogen-bond donors (Lipinski definition) is 1. The van der Waals surface area contributed by atoms with Gasteiger partial charge >= 0.3 is 0 Å². The quantitative estimate of drug-likeness (QED) is 0.561. The van der Waals surface area contributed by atoms with Gasteiger partial charge in [-0.15, -0.1) is 13.2 Å². The SMILES string of the molecule is C=CC.C=CC.CCCO. The van der Waals surface area contributed by atoms with Gasteiger partial charge in [0.1, 0.15) is 0 Å². The van der Waals surface area contributed by atoms with E-state index >= 15 is 0 Å². The molecule has 0 aliphatic heterocycles. The summed E-state index contributed by atoms with van der Waals surface area (Å²) in [6.07, 6.45) is 4.38. The minimum Gasteiger partial charge on any atom is -0.396 e. The molecular weight excluding hydrogens is 124 g/mol. The normalized spacial score (nSPS) is 5.60. The summed E-state index contributed by atoms with van der Waals surface area (Å²) in [5.74, 6) is 0. The fourth-order valence-corrected chi connectivity index (χ4v) is 0. The van der Waals surface area contributed by atoms with Gasteiger partial charge < -0.3 is 5.11 Å². The molecule has 1 heteroatoms. The number of hydrogen-bond acceptors (Lipinski definition) is 1. The maximum absolute atomic E-state index is 7.88. The van der Waals surface area contributed by atoms with Gasteiger partial charge in [-0.2, -0.15) is 0 Å². The maximum atomic E-state index is 7.88. The summed E-state index contributed by atoms with van der Waals surface area (Å²) in [5.41, 5.74) is 0. The van der Waals surface area contributed by atoms with Crippen LogP contribution < -0.4 is 0 Å². The van der Waals surface area contributed by atoms with E-state index in [-0.39, 0.29) is 0 Å². The van der Waals surface area contributed by atoms with Crippen LogP contribution >= 0.6 is 0 Å². The minimum absolute atomic E-state index is 0.319. The molecule has 0 saturated carbocycles. The van der Waals surface area contributed by atoms with Gasteiger partial charge in [0.2, 0.25) is 0 Å². The zero-order chi connectivity index (χ0) is 8.83. The summed E-state index contributed by atoms with van der Waals surface area (Å²) in [6, 6.07) is 0. The molecule has 0 aliphatic carbocycles. The van der Waals surface area contributed by atoms with Crippen LogP contribution in [0.25, 0.3) is 0 Å². The molecule has 0 heterocycles. The number of rotatable bonds is 1. The smallest absolute Gasteiger partial charge is 0.0428 e. The summed E-state index contributed by atoms with van der Waals surface area (Å²) in [4.78, 5) is 0. The third kappa shape index (κ3) is 1590. The van der Waals surface area contributed by atoms with E-state index in [4.69, 9.17) is 5.11 Å². The monoisotopic (exact) mass is 144 g/mol. The summed E-state index contributed by atoms with van der Waals surface area (Å²) in [7, 11) is 0. The van der Waals surface area contributed by atoms with Crippen molar-refractivity contribution in [1.29, 1.82) is 0 Å². The number of aliphatic hydroxyl groups is 1. The van der Waals surface area contributed by atoms with Crippen molar-refractivity contribution in [3.05, 3.63) is 25.3 Å². The van der Waals surface area contributed by atoms with Crippen molar-refractivity contribution in [1.82, 2.24) is 0 Å². The molecule has 62 valence electrons. The van der Waals surface area contributed by atoms with Gasteiger partial charge in [0.15, 0.2) is 0 Å². The maximum Gasteiger partial charge on any atom is 0.0428 e. The van der Waals surface area contributed by atoms with Crippen LogP contribution in [0.2, 0.25) is 0 Å². The Morgan fingerprint density at radius 3 is 1.30 bits per heavy atom. The number of allylic oxidation sites excluding steroid dienone is 2. The van der Waals surface area contributed by atoms with E-state index in [1.54, 1.807) is 12.2 Å². The van der Waals surface area contributed by atoms with Crippen molar-refractivity contribution in [2.45, 2.75) is 27.2 Å². The first kappa shape index (κ1) is 16.2. The zero-order valence-electron chi connectivity index (χ0n) is 7.43. The highest BCUT2D eigenvalue weighted by atomic mass is 16.2. The lowest BCUT2D eigenvalue weighted by molar-refractivity contribution is 0.295. The Hall–Kier alpha value is -0.560. The fraction of sp³-hybridized carbons (Fsp3) is 0.556. The zero-order valence-corrected chi connectivity index (χ0v) is 7.43. The molecule has 0 saturated heterocycles. The lowest BCUT2D eigenvalue weighted by Gasteiger charge is -1.69. The van der Waals surface area contributed by atoms with Crippen molar-refractivity contribution >= 4 is 0 Å². The first-order chi connectivity index (χ1) is 4.74. The molecule has 0 rings (SSSR count). The van der Waals surface area contributed by atoms with Gasteiger partial charge in [-0.1, -0.05) is 19.1 Å². The molecule has 0 atom stereocenters. The molecular formula is C9H20O. The third-order valence-corrected chi connectivity index (χ3v) is 0.224. The van der Waals surface area contributed by atoms with E-state index in [2.05, 4.69) is 13.2 Å². The Morgan fingerprint density at radius 2 is 1.30 bits per heavy atom. The van der Waals surface area contributed by atoms with Crippen molar-refractivity contribution in [2.75, 3.05) is 6.61 Å². The Kier molecular flexibility index (Phi) is 64.0. The van der Waals surface area contributed by atoms with E-state index < -0.39 is 0 Å². The Bertz CT molecular complexity index is 40.7. The van der Waals surface area contributed by atoms with Crippen molar-refractivity contribution < 1.29 is 5.11 Å². The van der Waals surface area contributed by atoms with Crippen LogP contribution in [0.3, 0.4) is 0 Å². The highest BCUT2D eigenvalue weighted by Gasteiger charge is 1.57. The van der Waals surface area contributed by atoms with Gasteiger partial charge in [-0.05, 0) is 20.3 Å². The van der Waals surface area contributed by atoms with Crippen molar-refractivity contribution in [2.24, 2.45) is 0 Å². The average Bonchev–Trinajstić information content (AvgIpc) is 1.91. The molecule has 1 nitrogen and oxygen atoms in total. The first-order valence-corrected chi connectivity index (χ1v) is 3.49. The third-order valence-electron chi connectivity index (χ3n) is 0.224. The van der Waals surface area contributed by atoms with E-state index in [0.717, 1.165) is 6.42 Å². The molecule has 1 N–H and O–H groups in total. The topological polar surface area (TPSA) is 20.2 Å². The minimum atomic E-state index is 0.319. The van der Waals surface area contributed by atoms with E-state index in [9.17, 15) is 0 Å². The molecule has 0 fully saturated rings. The van der Waals surface area contributed by atoms with Crippen LogP contribution in [0.4, 0.5) is 0 Å². The molecule has 0 spiro atoms. The van der Waals surface area contributed by atoms with Gasteiger partial charge in [0, 0.05) is 6.61 Å². The standard InChI is InChI=1S/C3H8O.2C3H6/c1-2-3-4;2*1-3-2/h4H,2-3H2,1H3;2*3H,1H2,2H3. The summed E-state index contributed by atoms with van der Waals surface area (Å²) < 4.78 is 0. The lowest BCUT2D eigenvalue weighted by atomic mass is 10.5. The molecule has 0 bridgehead atoms. The predicted molar refractivity (Wildman–Crippen MR) is 49.1 cm³/mol. The molecule has 0 aromatic carbocycles. The highest BCUT2D eigenvalue weighted by molar-refractivity contribution is 4.51. The van der Waals surface area contributed by atoms with Gasteiger partial charge in [-0.25, -0.2) is 0 Å². The summed E-state index contributed by atoms with van der Waals surface area (Å²) in [6.45, 7) is 12.8. The molecule has 10 heavy (non-hydrogen) atoms. The fourth-order valence-electron chi connectivity index (χ4n) is 0. The van der Waals surface area contributed by atoms with E-state index in [1.807, 2.05) is 20.8 Å². The Morgan fingerprint density at radius 1 is 1.20 bits per heavy atom. The Balaban J connectivity index is -0.0000000750. The van der Waals surface area contributed by atoms with Crippen LogP contribution in [0, 0.1) is 0 Å². The second kappa shape index (κ2) is 39.5. The van der Waals surface area contributed by atoms with Crippen LogP contribution in [-0.4, -0.2) is 11.7 Å². The highest BCUT2D eigenvalue weighted by Crippen LogP contribution is 1.61. The Labute approximate surface area is 65.1 Å². The van der Waals surface area contributed by atoms with Crippen LogP contribution in [-0.2, 0) is 0 Å². The summed E-state index contributed by atoms with van der Waals surface area (Å²) in [5, 5.41) is 7.88. The van der Waals surface area contributed by atoms with Crippen molar-refractivity contribution in [3.8, 4) is 0 Å². The molecule has 0 radical (unpaired) electrons. The molecule has 0 amide bonds. The van der Waals surface area contributed by atoms with Crippen molar-refractivity contribution in [3.63, 3.8) is 0 Å². The lowest BCUT2D eigenvalue weighted by Crippen LogP contribution is -1.69. The van der Waals surface area contributed by atoms with Crippen LogP contribution in [0.15, 0.2) is 25.3 Å². The second-order valence-corrected chi connectivity index (χ2v) is 1.54. The molecule has 0 aliphatic rings. The van der Waals surface area contributed by atoms with Crippen LogP contribution in [0.1, 0.15) is 27.2 Å². The van der Waals surface area contributed by atoms with Gasteiger partial charge in [-0.3, -0.25) is 0 Å². The van der Waals surface area contributed by atoms with Gasteiger partial charge in [0.05, 0.1) is 0 Å². The second-order valence-electron chi connectivity index (χ2n) is 1.54. The number of aliphatic hydroxyl groups excluding tert-OH is 1. The summed E-state index contributed by atoms with van der Waals surface area (Å²) >= 11 is 0. The molecule has 0 aromatic rings. The molecule has 0 aromatic heterocycles. The molecule has 0 unspecified atom stereocenters. The first-order valence-electron chi connectivity index (χ1n) is 3.49. The van der Waals surface area contributed by atoms with E-state index in [0.29, 0.717) is 6.61 Å². The van der Waals surface area contributed by atoms with Crippen LogP contribution in [0.5, 0.6) is 0 Å².